The van der Waals surface area contributed by atoms with Crippen molar-refractivity contribution in [3.8, 4) is 0 Å². The Bertz CT molecular complexity index is 286. The molecule has 0 saturated heterocycles. The molecular weight excluding hydrogens is 220 g/mol. The van der Waals surface area contributed by atoms with Crippen LogP contribution in [0.3, 0.4) is 0 Å². The van der Waals surface area contributed by atoms with E-state index in [1.807, 2.05) is 0 Å². The number of rotatable bonds is 6. The van der Waals surface area contributed by atoms with Gasteiger partial charge in [-0.2, -0.15) is 0 Å². The summed E-state index contributed by atoms with van der Waals surface area (Å²) in [5, 5.41) is 20.0. The number of carboxylic acid groups (broad SMARTS) is 1. The van der Waals surface area contributed by atoms with Crippen molar-refractivity contribution in [1.82, 2.24) is 0 Å². The Balaban J connectivity index is 4.79. The molecule has 0 aromatic heterocycles. The Kier molecular flexibility index (Phi) is 5.44. The van der Waals surface area contributed by atoms with Gasteiger partial charge in [0.2, 0.25) is 0 Å². The summed E-state index contributed by atoms with van der Waals surface area (Å²) >= 11 is 0. The summed E-state index contributed by atoms with van der Waals surface area (Å²) in [5.74, 6) is -3.78. The Morgan fingerprint density at radius 1 is 1.31 bits per heavy atom. The highest BCUT2D eigenvalue weighted by Gasteiger charge is 2.40. The molecule has 0 radical (unpaired) electrons. The SMILES string of the molecule is CCOC(=O)C(O)(CC(=O)[O-])CC(=O)OC. The number of carbonyl (C=O) groups excluding carboxylic acids is 3. The second kappa shape index (κ2) is 6.06. The third kappa shape index (κ3) is 4.26. The largest absolute Gasteiger partial charge is 0.550 e. The molecule has 0 amide bonds. The average molecular weight is 233 g/mol. The number of hydrogen-bond acceptors (Lipinski definition) is 7. The van der Waals surface area contributed by atoms with Crippen LogP contribution in [-0.2, 0) is 23.9 Å². The molecule has 0 rings (SSSR count). The molecule has 0 aliphatic rings. The zero-order chi connectivity index (χ0) is 12.8. The van der Waals surface area contributed by atoms with E-state index in [1.165, 1.54) is 6.92 Å². The third-order valence-electron chi connectivity index (χ3n) is 1.76. The van der Waals surface area contributed by atoms with Gasteiger partial charge in [-0.3, -0.25) is 4.79 Å². The molecule has 1 unspecified atom stereocenters. The van der Waals surface area contributed by atoms with Crippen molar-refractivity contribution in [3.63, 3.8) is 0 Å². The van der Waals surface area contributed by atoms with Crippen LogP contribution in [0, 0.1) is 0 Å². The van der Waals surface area contributed by atoms with Crippen molar-refractivity contribution < 1.29 is 34.1 Å². The average Bonchev–Trinajstić information content (AvgIpc) is 2.16. The summed E-state index contributed by atoms with van der Waals surface area (Å²) in [6.45, 7) is 1.44. The molecule has 0 aromatic rings. The van der Waals surface area contributed by atoms with Gasteiger partial charge in [0.1, 0.15) is 0 Å². The second-order valence-corrected chi connectivity index (χ2v) is 3.05. The molecule has 0 aromatic carbocycles. The monoisotopic (exact) mass is 233 g/mol. The fraction of sp³-hybridized carbons (Fsp3) is 0.667. The van der Waals surface area contributed by atoms with Crippen LogP contribution in [0.25, 0.3) is 0 Å². The maximum absolute atomic E-state index is 11.3. The van der Waals surface area contributed by atoms with Crippen LogP contribution in [0.1, 0.15) is 19.8 Å². The molecule has 0 saturated carbocycles. The normalized spacial score (nSPS) is 13.7. The minimum Gasteiger partial charge on any atom is -0.550 e. The molecule has 0 bridgehead atoms. The number of ether oxygens (including phenoxy) is 2. The zero-order valence-corrected chi connectivity index (χ0v) is 9.02. The first-order valence-corrected chi connectivity index (χ1v) is 4.52. The van der Waals surface area contributed by atoms with Crippen molar-refractivity contribution in [2.45, 2.75) is 25.4 Å². The number of aliphatic carboxylic acids is 1. The van der Waals surface area contributed by atoms with Gasteiger partial charge in [0.05, 0.1) is 20.1 Å². The zero-order valence-electron chi connectivity index (χ0n) is 9.02. The molecule has 1 N–H and O–H groups in total. The van der Waals surface area contributed by atoms with Gasteiger partial charge in [0, 0.05) is 12.4 Å². The molecule has 16 heavy (non-hydrogen) atoms. The van der Waals surface area contributed by atoms with Crippen molar-refractivity contribution in [2.75, 3.05) is 13.7 Å². The van der Waals surface area contributed by atoms with Crippen LogP contribution >= 0.6 is 0 Å². The highest BCUT2D eigenvalue weighted by atomic mass is 16.6. The maximum Gasteiger partial charge on any atom is 0.339 e. The summed E-state index contributed by atoms with van der Waals surface area (Å²) in [4.78, 5) is 32.6. The molecule has 0 heterocycles. The molecule has 7 heteroatoms. The van der Waals surface area contributed by atoms with Crippen molar-refractivity contribution in [2.24, 2.45) is 0 Å². The number of carboxylic acids is 1. The van der Waals surface area contributed by atoms with Crippen molar-refractivity contribution in [1.29, 1.82) is 0 Å². The molecule has 7 nitrogen and oxygen atoms in total. The van der Waals surface area contributed by atoms with Crippen molar-refractivity contribution >= 4 is 17.9 Å². The van der Waals surface area contributed by atoms with E-state index in [4.69, 9.17) is 0 Å². The van der Waals surface area contributed by atoms with Crippen LogP contribution in [-0.4, -0.2) is 42.3 Å². The Labute approximate surface area is 92.0 Å². The first-order chi connectivity index (χ1) is 7.35. The minimum absolute atomic E-state index is 0.0463. The Morgan fingerprint density at radius 2 is 1.88 bits per heavy atom. The van der Waals surface area contributed by atoms with E-state index in [1.54, 1.807) is 0 Å². The summed E-state index contributed by atoms with van der Waals surface area (Å²) in [7, 11) is 1.05. The lowest BCUT2D eigenvalue weighted by Crippen LogP contribution is -2.47. The van der Waals surface area contributed by atoms with Gasteiger partial charge < -0.3 is 24.5 Å². The molecule has 92 valence electrons. The predicted molar refractivity (Wildman–Crippen MR) is 47.8 cm³/mol. The van der Waals surface area contributed by atoms with Crippen LogP contribution in [0.5, 0.6) is 0 Å². The quantitative estimate of drug-likeness (QED) is 0.527. The van der Waals surface area contributed by atoms with Gasteiger partial charge in [-0.15, -0.1) is 0 Å². The van der Waals surface area contributed by atoms with Crippen LogP contribution in [0.2, 0.25) is 0 Å². The number of methoxy groups -OCH3 is 1. The molecule has 1 atom stereocenters. The van der Waals surface area contributed by atoms with E-state index in [2.05, 4.69) is 9.47 Å². The third-order valence-corrected chi connectivity index (χ3v) is 1.76. The highest BCUT2D eigenvalue weighted by molar-refractivity contribution is 5.89. The van der Waals surface area contributed by atoms with E-state index in [-0.39, 0.29) is 6.61 Å². The van der Waals surface area contributed by atoms with Crippen molar-refractivity contribution in [3.05, 3.63) is 0 Å². The number of hydrogen-bond donors (Lipinski definition) is 1. The standard InChI is InChI=1S/C9H14O7/c1-3-16-8(13)9(14,4-6(10)11)5-7(12)15-2/h14H,3-5H2,1-2H3,(H,10,11)/p-1. The van der Waals surface area contributed by atoms with Gasteiger partial charge in [-0.1, -0.05) is 0 Å². The second-order valence-electron chi connectivity index (χ2n) is 3.05. The summed E-state index contributed by atoms with van der Waals surface area (Å²) in [6.07, 6.45) is -1.82. The number of aliphatic hydroxyl groups is 1. The minimum atomic E-state index is -2.44. The van der Waals surface area contributed by atoms with E-state index in [0.29, 0.717) is 0 Å². The van der Waals surface area contributed by atoms with Crippen LogP contribution < -0.4 is 5.11 Å². The lowest BCUT2D eigenvalue weighted by atomic mass is 9.96. The fourth-order valence-corrected chi connectivity index (χ4v) is 1.02. The molecule has 0 aliphatic carbocycles. The summed E-state index contributed by atoms with van der Waals surface area (Å²) in [5.41, 5.74) is -2.44. The Hall–Kier alpha value is -1.63. The van der Waals surface area contributed by atoms with E-state index < -0.39 is 36.4 Å². The number of esters is 2. The highest BCUT2D eigenvalue weighted by Crippen LogP contribution is 2.18. The van der Waals surface area contributed by atoms with E-state index in [0.717, 1.165) is 7.11 Å². The Morgan fingerprint density at radius 3 is 2.25 bits per heavy atom. The van der Waals surface area contributed by atoms with Gasteiger partial charge >= 0.3 is 11.9 Å². The van der Waals surface area contributed by atoms with E-state index >= 15 is 0 Å². The smallest absolute Gasteiger partial charge is 0.339 e. The lowest BCUT2D eigenvalue weighted by molar-refractivity contribution is -0.309. The lowest BCUT2D eigenvalue weighted by Gasteiger charge is -2.24. The van der Waals surface area contributed by atoms with Crippen LogP contribution in [0.15, 0.2) is 0 Å². The van der Waals surface area contributed by atoms with Gasteiger partial charge in [0.25, 0.3) is 0 Å². The summed E-state index contributed by atoms with van der Waals surface area (Å²) in [6, 6.07) is 0. The first kappa shape index (κ1) is 14.4. The molecule has 0 spiro atoms. The number of carbonyl (C=O) groups is 3. The van der Waals surface area contributed by atoms with Crippen LogP contribution in [0.4, 0.5) is 0 Å². The predicted octanol–water partition coefficient (Wildman–Crippen LogP) is -2.02. The topological polar surface area (TPSA) is 113 Å². The fourth-order valence-electron chi connectivity index (χ4n) is 1.02. The van der Waals surface area contributed by atoms with Gasteiger partial charge in [0.15, 0.2) is 5.60 Å². The van der Waals surface area contributed by atoms with Gasteiger partial charge in [-0.25, -0.2) is 4.79 Å². The molecular formula is C9H13O7-. The summed E-state index contributed by atoms with van der Waals surface area (Å²) < 4.78 is 8.70. The first-order valence-electron chi connectivity index (χ1n) is 4.52. The molecule has 0 aliphatic heterocycles. The molecule has 0 fully saturated rings. The van der Waals surface area contributed by atoms with Gasteiger partial charge in [-0.05, 0) is 6.92 Å². The van der Waals surface area contributed by atoms with E-state index in [9.17, 15) is 24.6 Å². The maximum atomic E-state index is 11.3.